The Morgan fingerprint density at radius 2 is 1.90 bits per heavy atom. The zero-order valence-corrected chi connectivity index (χ0v) is 13.1. The molecular formula is C17H18BrNO. The Morgan fingerprint density at radius 1 is 1.15 bits per heavy atom. The van der Waals surface area contributed by atoms with Gasteiger partial charge in [-0.2, -0.15) is 0 Å². The number of rotatable bonds is 6. The Bertz CT molecular complexity index is 568. The lowest BCUT2D eigenvalue weighted by atomic mass is 10.1. The first-order valence-corrected chi connectivity index (χ1v) is 7.63. The second-order valence-electron chi connectivity index (χ2n) is 4.66. The molecule has 0 N–H and O–H groups in total. The predicted molar refractivity (Wildman–Crippen MR) is 87.9 cm³/mol. The third-order valence-corrected chi connectivity index (χ3v) is 3.70. The van der Waals surface area contributed by atoms with Crippen LogP contribution in [0.25, 0.3) is 0 Å². The molecule has 104 valence electrons. The minimum atomic E-state index is 0.708. The maximum absolute atomic E-state index is 11.3. The van der Waals surface area contributed by atoms with E-state index in [0.717, 1.165) is 41.5 Å². The standard InChI is InChI=1S/C17H18BrNO/c1-2-3-11-19(16-7-5-4-6-8-16)17-10-9-15(18)12-14(17)13-20/h4-10,12-13H,2-3,11H2,1H3. The van der Waals surface area contributed by atoms with Gasteiger partial charge in [0.15, 0.2) is 6.29 Å². The molecule has 0 atom stereocenters. The largest absolute Gasteiger partial charge is 0.341 e. The molecule has 2 aromatic rings. The summed E-state index contributed by atoms with van der Waals surface area (Å²) in [5.41, 5.74) is 2.79. The number of carbonyl (C=O) groups is 1. The Labute approximate surface area is 128 Å². The van der Waals surface area contributed by atoms with Gasteiger partial charge in [0.05, 0.1) is 5.69 Å². The van der Waals surface area contributed by atoms with Gasteiger partial charge in [-0.05, 0) is 36.8 Å². The van der Waals surface area contributed by atoms with Gasteiger partial charge < -0.3 is 4.90 Å². The van der Waals surface area contributed by atoms with Crippen LogP contribution < -0.4 is 4.90 Å². The number of nitrogens with zero attached hydrogens (tertiary/aromatic N) is 1. The highest BCUT2D eigenvalue weighted by atomic mass is 79.9. The van der Waals surface area contributed by atoms with Crippen LogP contribution in [0, 0.1) is 0 Å². The lowest BCUT2D eigenvalue weighted by Crippen LogP contribution is -2.19. The SMILES string of the molecule is CCCCN(c1ccccc1)c1ccc(Br)cc1C=O. The van der Waals surface area contributed by atoms with E-state index < -0.39 is 0 Å². The number of carbonyl (C=O) groups excluding carboxylic acids is 1. The van der Waals surface area contributed by atoms with Crippen molar-refractivity contribution in [2.24, 2.45) is 0 Å². The van der Waals surface area contributed by atoms with E-state index in [0.29, 0.717) is 5.56 Å². The minimum Gasteiger partial charge on any atom is -0.341 e. The summed E-state index contributed by atoms with van der Waals surface area (Å²) in [5, 5.41) is 0. The molecule has 0 amide bonds. The van der Waals surface area contributed by atoms with Gasteiger partial charge in [-0.15, -0.1) is 0 Å². The van der Waals surface area contributed by atoms with E-state index in [1.54, 1.807) is 0 Å². The van der Waals surface area contributed by atoms with Crippen LogP contribution in [0.3, 0.4) is 0 Å². The molecule has 0 aliphatic carbocycles. The fraction of sp³-hybridized carbons (Fsp3) is 0.235. The zero-order chi connectivity index (χ0) is 14.4. The number of aldehydes is 1. The van der Waals surface area contributed by atoms with Crippen LogP contribution in [-0.2, 0) is 0 Å². The summed E-state index contributed by atoms with van der Waals surface area (Å²) in [7, 11) is 0. The number of hydrogen-bond acceptors (Lipinski definition) is 2. The molecule has 0 radical (unpaired) electrons. The van der Waals surface area contributed by atoms with Crippen molar-refractivity contribution in [2.45, 2.75) is 19.8 Å². The van der Waals surface area contributed by atoms with Crippen LogP contribution in [0.15, 0.2) is 53.0 Å². The summed E-state index contributed by atoms with van der Waals surface area (Å²) in [5.74, 6) is 0. The fourth-order valence-electron chi connectivity index (χ4n) is 2.18. The van der Waals surface area contributed by atoms with Crippen LogP contribution in [-0.4, -0.2) is 12.8 Å². The molecule has 0 aliphatic rings. The highest BCUT2D eigenvalue weighted by molar-refractivity contribution is 9.10. The van der Waals surface area contributed by atoms with Crippen molar-refractivity contribution in [2.75, 3.05) is 11.4 Å². The number of hydrogen-bond donors (Lipinski definition) is 0. The summed E-state index contributed by atoms with van der Waals surface area (Å²) < 4.78 is 0.923. The average Bonchev–Trinajstić information content (AvgIpc) is 2.49. The summed E-state index contributed by atoms with van der Waals surface area (Å²) in [6, 6.07) is 16.0. The van der Waals surface area contributed by atoms with Gasteiger partial charge in [0.1, 0.15) is 0 Å². The van der Waals surface area contributed by atoms with Crippen molar-refractivity contribution in [3.05, 3.63) is 58.6 Å². The number of para-hydroxylation sites is 1. The van der Waals surface area contributed by atoms with Gasteiger partial charge in [-0.3, -0.25) is 4.79 Å². The smallest absolute Gasteiger partial charge is 0.152 e. The summed E-state index contributed by atoms with van der Waals surface area (Å²) in [4.78, 5) is 13.5. The first-order valence-electron chi connectivity index (χ1n) is 6.83. The Balaban J connectivity index is 2.43. The maximum Gasteiger partial charge on any atom is 0.152 e. The quantitative estimate of drug-likeness (QED) is 0.678. The zero-order valence-electron chi connectivity index (χ0n) is 11.6. The van der Waals surface area contributed by atoms with Crippen LogP contribution in [0.1, 0.15) is 30.1 Å². The van der Waals surface area contributed by atoms with Crippen LogP contribution in [0.5, 0.6) is 0 Å². The third kappa shape index (κ3) is 3.48. The van der Waals surface area contributed by atoms with Gasteiger partial charge in [-0.25, -0.2) is 0 Å². The van der Waals surface area contributed by atoms with Gasteiger partial charge in [0.25, 0.3) is 0 Å². The topological polar surface area (TPSA) is 20.3 Å². The average molecular weight is 332 g/mol. The van der Waals surface area contributed by atoms with E-state index in [1.165, 1.54) is 0 Å². The van der Waals surface area contributed by atoms with Crippen molar-refractivity contribution >= 4 is 33.6 Å². The fourth-order valence-corrected chi connectivity index (χ4v) is 2.56. The molecule has 0 saturated heterocycles. The van der Waals surface area contributed by atoms with E-state index in [-0.39, 0.29) is 0 Å². The van der Waals surface area contributed by atoms with Gasteiger partial charge in [-0.1, -0.05) is 47.5 Å². The minimum absolute atomic E-state index is 0.708. The molecule has 0 aromatic heterocycles. The van der Waals surface area contributed by atoms with Crippen molar-refractivity contribution in [3.8, 4) is 0 Å². The van der Waals surface area contributed by atoms with E-state index in [2.05, 4.69) is 39.9 Å². The van der Waals surface area contributed by atoms with E-state index in [9.17, 15) is 4.79 Å². The van der Waals surface area contributed by atoms with E-state index in [1.807, 2.05) is 36.4 Å². The van der Waals surface area contributed by atoms with Crippen molar-refractivity contribution in [1.82, 2.24) is 0 Å². The van der Waals surface area contributed by atoms with E-state index >= 15 is 0 Å². The monoisotopic (exact) mass is 331 g/mol. The van der Waals surface area contributed by atoms with Gasteiger partial charge in [0, 0.05) is 22.3 Å². The molecule has 3 heteroatoms. The first kappa shape index (κ1) is 14.8. The molecule has 0 saturated carbocycles. The molecule has 0 fully saturated rings. The molecular weight excluding hydrogens is 314 g/mol. The predicted octanol–water partition coefficient (Wildman–Crippen LogP) is 5.20. The van der Waals surface area contributed by atoms with Gasteiger partial charge >= 0.3 is 0 Å². The summed E-state index contributed by atoms with van der Waals surface area (Å²) >= 11 is 3.42. The number of unbranched alkanes of at least 4 members (excludes halogenated alkanes) is 1. The van der Waals surface area contributed by atoms with Crippen LogP contribution in [0.4, 0.5) is 11.4 Å². The highest BCUT2D eigenvalue weighted by Gasteiger charge is 2.12. The second-order valence-corrected chi connectivity index (χ2v) is 5.58. The van der Waals surface area contributed by atoms with Gasteiger partial charge in [0.2, 0.25) is 0 Å². The number of benzene rings is 2. The molecule has 0 aliphatic heterocycles. The molecule has 0 spiro atoms. The summed E-state index contributed by atoms with van der Waals surface area (Å²) in [6.45, 7) is 3.08. The molecule has 2 rings (SSSR count). The third-order valence-electron chi connectivity index (χ3n) is 3.21. The lowest BCUT2D eigenvalue weighted by Gasteiger charge is -2.26. The van der Waals surface area contributed by atoms with E-state index in [4.69, 9.17) is 0 Å². The number of halogens is 1. The molecule has 0 heterocycles. The van der Waals surface area contributed by atoms with Crippen molar-refractivity contribution < 1.29 is 4.79 Å². The molecule has 2 nitrogen and oxygen atoms in total. The Kier molecular flexibility index (Phi) is 5.36. The molecule has 0 unspecified atom stereocenters. The lowest BCUT2D eigenvalue weighted by molar-refractivity contribution is 0.112. The highest BCUT2D eigenvalue weighted by Crippen LogP contribution is 2.30. The molecule has 0 bridgehead atoms. The van der Waals surface area contributed by atoms with Crippen molar-refractivity contribution in [1.29, 1.82) is 0 Å². The Hall–Kier alpha value is -1.61. The summed E-state index contributed by atoms with van der Waals surface area (Å²) in [6.07, 6.45) is 3.13. The van der Waals surface area contributed by atoms with Crippen LogP contribution >= 0.6 is 15.9 Å². The maximum atomic E-state index is 11.3. The number of anilines is 2. The normalized spacial score (nSPS) is 10.3. The molecule has 2 aromatic carbocycles. The van der Waals surface area contributed by atoms with Crippen LogP contribution in [0.2, 0.25) is 0 Å². The Morgan fingerprint density at radius 3 is 2.55 bits per heavy atom. The molecule has 20 heavy (non-hydrogen) atoms. The van der Waals surface area contributed by atoms with Crippen molar-refractivity contribution in [3.63, 3.8) is 0 Å². The second kappa shape index (κ2) is 7.25. The first-order chi connectivity index (χ1) is 9.76.